The number of benzene rings is 1. The van der Waals surface area contributed by atoms with Crippen LogP contribution in [0.1, 0.15) is 13.8 Å². The van der Waals surface area contributed by atoms with Crippen molar-refractivity contribution in [2.75, 3.05) is 23.8 Å². The van der Waals surface area contributed by atoms with E-state index >= 15 is 0 Å². The van der Waals surface area contributed by atoms with Crippen molar-refractivity contribution in [1.29, 1.82) is 0 Å². The molecular formula is C12H17BrN2. The highest BCUT2D eigenvalue weighted by atomic mass is 79.9. The molecule has 0 saturated carbocycles. The van der Waals surface area contributed by atoms with Gasteiger partial charge in [-0.05, 0) is 34.0 Å². The summed E-state index contributed by atoms with van der Waals surface area (Å²) in [6.07, 6.45) is 0. The number of rotatable bonds is 1. The lowest BCUT2D eigenvalue weighted by Crippen LogP contribution is -2.42. The molecule has 0 amide bonds. The molecule has 1 unspecified atom stereocenters. The molecule has 0 aromatic heterocycles. The first-order chi connectivity index (χ1) is 7.09. The molecule has 0 fully saturated rings. The van der Waals surface area contributed by atoms with E-state index in [4.69, 9.17) is 0 Å². The molecule has 1 aliphatic rings. The molecule has 1 atom stereocenters. The summed E-state index contributed by atoms with van der Waals surface area (Å²) >= 11 is 3.60. The first-order valence-corrected chi connectivity index (χ1v) is 6.15. The normalized spacial score (nSPS) is 20.1. The summed E-state index contributed by atoms with van der Waals surface area (Å²) < 4.78 is 1.15. The molecule has 1 heterocycles. The monoisotopic (exact) mass is 268 g/mol. The molecule has 0 bridgehead atoms. The van der Waals surface area contributed by atoms with Gasteiger partial charge in [0.2, 0.25) is 0 Å². The Labute approximate surface area is 99.8 Å². The van der Waals surface area contributed by atoms with Crippen LogP contribution in [0, 0.1) is 5.92 Å². The fourth-order valence-corrected chi connectivity index (χ4v) is 2.45. The molecule has 0 aliphatic carbocycles. The van der Waals surface area contributed by atoms with Crippen molar-refractivity contribution in [3.05, 3.63) is 22.7 Å². The number of likely N-dealkylation sites (N-methyl/N-ethyl adjacent to an activating group) is 1. The molecule has 0 saturated heterocycles. The van der Waals surface area contributed by atoms with E-state index in [-0.39, 0.29) is 0 Å². The van der Waals surface area contributed by atoms with Crippen LogP contribution >= 0.6 is 15.9 Å². The molecule has 15 heavy (non-hydrogen) atoms. The van der Waals surface area contributed by atoms with E-state index in [9.17, 15) is 0 Å². The second-order valence-corrected chi connectivity index (χ2v) is 5.36. The van der Waals surface area contributed by atoms with Gasteiger partial charge in [0.05, 0.1) is 11.4 Å². The van der Waals surface area contributed by atoms with Gasteiger partial charge < -0.3 is 10.2 Å². The molecule has 1 N–H and O–H groups in total. The molecule has 1 aromatic rings. The molecule has 82 valence electrons. The van der Waals surface area contributed by atoms with Gasteiger partial charge in [0, 0.05) is 24.1 Å². The Balaban J connectivity index is 2.37. The average molecular weight is 269 g/mol. The van der Waals surface area contributed by atoms with Crippen LogP contribution in [0.25, 0.3) is 0 Å². The van der Waals surface area contributed by atoms with Crippen LogP contribution in [0.4, 0.5) is 11.4 Å². The lowest BCUT2D eigenvalue weighted by Gasteiger charge is -2.37. The smallest absolute Gasteiger partial charge is 0.0725 e. The maximum atomic E-state index is 3.61. The Morgan fingerprint density at radius 3 is 2.87 bits per heavy atom. The minimum atomic E-state index is 0.529. The quantitative estimate of drug-likeness (QED) is 0.841. The molecule has 2 rings (SSSR count). The van der Waals surface area contributed by atoms with Crippen molar-refractivity contribution in [2.45, 2.75) is 19.9 Å². The summed E-state index contributed by atoms with van der Waals surface area (Å²) in [7, 11) is 2.15. The van der Waals surface area contributed by atoms with E-state index in [0.29, 0.717) is 12.0 Å². The molecule has 1 aromatic carbocycles. The highest BCUT2D eigenvalue weighted by Crippen LogP contribution is 2.37. The summed E-state index contributed by atoms with van der Waals surface area (Å²) in [5.74, 6) is 0.646. The van der Waals surface area contributed by atoms with E-state index in [2.05, 4.69) is 65.2 Å². The standard InChI is InChI=1S/C12H17BrN2/c1-8(2)10-7-15(3)11-6-4-5-9(13)12(11)14-10/h4-6,8,10,14H,7H2,1-3H3. The van der Waals surface area contributed by atoms with Gasteiger partial charge >= 0.3 is 0 Å². The molecular weight excluding hydrogens is 252 g/mol. The number of fused-ring (bicyclic) bond motifs is 1. The van der Waals surface area contributed by atoms with Gasteiger partial charge in [0.1, 0.15) is 0 Å². The molecule has 3 heteroatoms. The minimum Gasteiger partial charge on any atom is -0.378 e. The first kappa shape index (κ1) is 10.8. The van der Waals surface area contributed by atoms with Crippen LogP contribution < -0.4 is 10.2 Å². The zero-order chi connectivity index (χ0) is 11.0. The lowest BCUT2D eigenvalue weighted by molar-refractivity contribution is 0.514. The van der Waals surface area contributed by atoms with Crippen LogP contribution in [0.2, 0.25) is 0 Å². The van der Waals surface area contributed by atoms with Crippen LogP contribution in [0.15, 0.2) is 22.7 Å². The predicted molar refractivity (Wildman–Crippen MR) is 69.7 cm³/mol. The van der Waals surface area contributed by atoms with Gasteiger partial charge in [-0.3, -0.25) is 0 Å². The molecule has 1 aliphatic heterocycles. The first-order valence-electron chi connectivity index (χ1n) is 5.36. The third kappa shape index (κ3) is 1.98. The second kappa shape index (κ2) is 4.05. The Bertz CT molecular complexity index is 363. The van der Waals surface area contributed by atoms with Gasteiger partial charge in [-0.25, -0.2) is 0 Å². The Kier molecular flexibility index (Phi) is 2.91. The summed E-state index contributed by atoms with van der Waals surface area (Å²) in [4.78, 5) is 2.32. The third-order valence-corrected chi connectivity index (χ3v) is 3.67. The van der Waals surface area contributed by atoms with Gasteiger partial charge in [0.25, 0.3) is 0 Å². The number of hydrogen-bond acceptors (Lipinski definition) is 2. The highest BCUT2D eigenvalue weighted by Gasteiger charge is 2.24. The lowest BCUT2D eigenvalue weighted by atomic mass is 10.0. The average Bonchev–Trinajstić information content (AvgIpc) is 2.19. The number of nitrogens with one attached hydrogen (secondary N) is 1. The number of nitrogens with zero attached hydrogens (tertiary/aromatic N) is 1. The Morgan fingerprint density at radius 2 is 2.20 bits per heavy atom. The van der Waals surface area contributed by atoms with E-state index in [1.807, 2.05) is 0 Å². The van der Waals surface area contributed by atoms with Crippen molar-refractivity contribution in [3.63, 3.8) is 0 Å². The van der Waals surface area contributed by atoms with Crippen molar-refractivity contribution in [3.8, 4) is 0 Å². The topological polar surface area (TPSA) is 15.3 Å². The zero-order valence-corrected chi connectivity index (χ0v) is 11.0. The fourth-order valence-electron chi connectivity index (χ4n) is 1.98. The Hall–Kier alpha value is -0.700. The van der Waals surface area contributed by atoms with Gasteiger partial charge in [-0.2, -0.15) is 0 Å². The van der Waals surface area contributed by atoms with Crippen molar-refractivity contribution < 1.29 is 0 Å². The van der Waals surface area contributed by atoms with Gasteiger partial charge in [-0.1, -0.05) is 19.9 Å². The molecule has 2 nitrogen and oxygen atoms in total. The summed E-state index contributed by atoms with van der Waals surface area (Å²) in [6, 6.07) is 6.85. The number of anilines is 2. The highest BCUT2D eigenvalue weighted by molar-refractivity contribution is 9.10. The van der Waals surface area contributed by atoms with Crippen LogP contribution in [-0.2, 0) is 0 Å². The van der Waals surface area contributed by atoms with Crippen molar-refractivity contribution >= 4 is 27.3 Å². The fraction of sp³-hybridized carbons (Fsp3) is 0.500. The van der Waals surface area contributed by atoms with E-state index in [1.54, 1.807) is 0 Å². The summed E-state index contributed by atoms with van der Waals surface area (Å²) in [5, 5.41) is 3.61. The second-order valence-electron chi connectivity index (χ2n) is 4.51. The SMILES string of the molecule is CC(C)C1CN(C)c2cccc(Br)c2N1. The minimum absolute atomic E-state index is 0.529. The van der Waals surface area contributed by atoms with Gasteiger partial charge in [-0.15, -0.1) is 0 Å². The molecule has 0 spiro atoms. The van der Waals surface area contributed by atoms with Crippen molar-refractivity contribution in [2.24, 2.45) is 5.92 Å². The van der Waals surface area contributed by atoms with E-state index in [1.165, 1.54) is 11.4 Å². The maximum absolute atomic E-state index is 3.61. The predicted octanol–water partition coefficient (Wildman–Crippen LogP) is 3.34. The number of halogens is 1. The largest absolute Gasteiger partial charge is 0.378 e. The summed E-state index contributed by atoms with van der Waals surface area (Å²) in [5.41, 5.74) is 2.51. The maximum Gasteiger partial charge on any atom is 0.0725 e. The van der Waals surface area contributed by atoms with Gasteiger partial charge in [0.15, 0.2) is 0 Å². The van der Waals surface area contributed by atoms with Crippen molar-refractivity contribution in [1.82, 2.24) is 0 Å². The summed E-state index contributed by atoms with van der Waals surface area (Å²) in [6.45, 7) is 5.59. The Morgan fingerprint density at radius 1 is 1.47 bits per heavy atom. The van der Waals surface area contributed by atoms with E-state index in [0.717, 1.165) is 11.0 Å². The van der Waals surface area contributed by atoms with Crippen LogP contribution in [0.5, 0.6) is 0 Å². The number of hydrogen-bond donors (Lipinski definition) is 1. The molecule has 0 radical (unpaired) electrons. The van der Waals surface area contributed by atoms with Crippen LogP contribution in [0.3, 0.4) is 0 Å². The zero-order valence-electron chi connectivity index (χ0n) is 9.42. The third-order valence-electron chi connectivity index (χ3n) is 3.01. The van der Waals surface area contributed by atoms with Crippen LogP contribution in [-0.4, -0.2) is 19.6 Å². The van der Waals surface area contributed by atoms with E-state index < -0.39 is 0 Å². The number of para-hydroxylation sites is 1.